The van der Waals surface area contributed by atoms with E-state index >= 15 is 0 Å². The van der Waals surface area contributed by atoms with E-state index in [9.17, 15) is 9.18 Å². The minimum Gasteiger partial charge on any atom is -0.381 e. The summed E-state index contributed by atoms with van der Waals surface area (Å²) in [5.74, 6) is -0.0451. The van der Waals surface area contributed by atoms with Crippen LogP contribution in [-0.4, -0.2) is 42.2 Å². The normalized spacial score (nSPS) is 26.1. The molecule has 1 unspecified atom stereocenters. The summed E-state index contributed by atoms with van der Waals surface area (Å²) in [6.45, 7) is 2.98. The molecule has 2 saturated heterocycles. The van der Waals surface area contributed by atoms with Gasteiger partial charge >= 0.3 is 6.03 Å². The van der Waals surface area contributed by atoms with E-state index in [1.165, 1.54) is 12.1 Å². The third kappa shape index (κ3) is 2.53. The first-order valence-electron chi connectivity index (χ1n) is 6.42. The summed E-state index contributed by atoms with van der Waals surface area (Å²) in [6, 6.07) is 2.55. The van der Waals surface area contributed by atoms with Gasteiger partial charge in [0.1, 0.15) is 11.6 Å². The lowest BCUT2D eigenvalue weighted by Crippen LogP contribution is -2.35. The second kappa shape index (κ2) is 4.77. The van der Waals surface area contributed by atoms with Crippen LogP contribution < -0.4 is 5.32 Å². The van der Waals surface area contributed by atoms with Crippen molar-refractivity contribution in [2.24, 2.45) is 5.41 Å². The molecular formula is C13H16FN3O2. The van der Waals surface area contributed by atoms with Crippen LogP contribution in [0.4, 0.5) is 15.0 Å². The lowest BCUT2D eigenvalue weighted by atomic mass is 9.87. The summed E-state index contributed by atoms with van der Waals surface area (Å²) in [6.07, 6.45) is 3.09. The molecule has 6 heteroatoms. The highest BCUT2D eigenvalue weighted by atomic mass is 19.1. The monoisotopic (exact) mass is 265 g/mol. The van der Waals surface area contributed by atoms with Crippen molar-refractivity contribution >= 4 is 11.8 Å². The predicted molar refractivity (Wildman–Crippen MR) is 67.3 cm³/mol. The van der Waals surface area contributed by atoms with Crippen LogP contribution >= 0.6 is 0 Å². The Morgan fingerprint density at radius 2 is 2.37 bits per heavy atom. The van der Waals surface area contributed by atoms with E-state index in [0.29, 0.717) is 5.82 Å². The van der Waals surface area contributed by atoms with Crippen molar-refractivity contribution in [3.63, 3.8) is 0 Å². The molecule has 0 saturated carbocycles. The van der Waals surface area contributed by atoms with Gasteiger partial charge in [0.15, 0.2) is 0 Å². The molecule has 3 rings (SSSR count). The highest BCUT2D eigenvalue weighted by Gasteiger charge is 2.42. The smallest absolute Gasteiger partial charge is 0.323 e. The molecular weight excluding hydrogens is 249 g/mol. The number of carbonyl (C=O) groups excluding carboxylic acids is 1. The maximum Gasteiger partial charge on any atom is 0.323 e. The van der Waals surface area contributed by atoms with Gasteiger partial charge < -0.3 is 9.64 Å². The van der Waals surface area contributed by atoms with Crippen LogP contribution in [0.2, 0.25) is 0 Å². The largest absolute Gasteiger partial charge is 0.381 e. The number of ether oxygens (including phenoxy) is 1. The van der Waals surface area contributed by atoms with E-state index in [2.05, 4.69) is 10.3 Å². The number of carbonyl (C=O) groups is 1. The van der Waals surface area contributed by atoms with Crippen molar-refractivity contribution < 1.29 is 13.9 Å². The number of hydrogen-bond donors (Lipinski definition) is 1. The summed E-state index contributed by atoms with van der Waals surface area (Å²) in [5.41, 5.74) is 0.146. The first kappa shape index (κ1) is 12.3. The number of halogens is 1. The maximum atomic E-state index is 12.7. The lowest BCUT2D eigenvalue weighted by Gasteiger charge is -2.22. The number of urea groups is 1. The van der Waals surface area contributed by atoms with Gasteiger partial charge in [-0.15, -0.1) is 0 Å². The third-order valence-corrected chi connectivity index (χ3v) is 3.87. The molecule has 1 aromatic heterocycles. The van der Waals surface area contributed by atoms with Crippen molar-refractivity contribution in [1.29, 1.82) is 0 Å². The highest BCUT2D eigenvalue weighted by molar-refractivity contribution is 5.88. The van der Waals surface area contributed by atoms with E-state index < -0.39 is 5.82 Å². The van der Waals surface area contributed by atoms with E-state index in [0.717, 1.165) is 45.3 Å². The van der Waals surface area contributed by atoms with Crippen LogP contribution in [0.1, 0.15) is 12.8 Å². The minimum atomic E-state index is -0.416. The zero-order valence-corrected chi connectivity index (χ0v) is 10.6. The summed E-state index contributed by atoms with van der Waals surface area (Å²) in [4.78, 5) is 17.7. The fourth-order valence-electron chi connectivity index (χ4n) is 2.72. The van der Waals surface area contributed by atoms with Gasteiger partial charge in [0.2, 0.25) is 0 Å². The molecule has 102 valence electrons. The zero-order valence-electron chi connectivity index (χ0n) is 10.6. The molecule has 5 nitrogen and oxygen atoms in total. The topological polar surface area (TPSA) is 54.5 Å². The quantitative estimate of drug-likeness (QED) is 0.843. The van der Waals surface area contributed by atoms with Crippen LogP contribution in [0, 0.1) is 11.2 Å². The van der Waals surface area contributed by atoms with E-state index in [-0.39, 0.29) is 11.4 Å². The van der Waals surface area contributed by atoms with Crippen LogP contribution in [0.3, 0.4) is 0 Å². The van der Waals surface area contributed by atoms with Gasteiger partial charge in [0.05, 0.1) is 12.8 Å². The number of nitrogens with zero attached hydrogens (tertiary/aromatic N) is 2. The number of hydrogen-bond acceptors (Lipinski definition) is 3. The van der Waals surface area contributed by atoms with E-state index in [4.69, 9.17) is 4.74 Å². The molecule has 19 heavy (non-hydrogen) atoms. The van der Waals surface area contributed by atoms with Gasteiger partial charge in [-0.2, -0.15) is 0 Å². The van der Waals surface area contributed by atoms with Gasteiger partial charge in [0.25, 0.3) is 0 Å². The summed E-state index contributed by atoms with van der Waals surface area (Å²) in [5, 5.41) is 2.69. The molecule has 0 aliphatic carbocycles. The Balaban J connectivity index is 1.61. The Hall–Kier alpha value is -1.69. The van der Waals surface area contributed by atoms with Crippen molar-refractivity contribution in [2.45, 2.75) is 12.8 Å². The first-order chi connectivity index (χ1) is 9.17. The van der Waals surface area contributed by atoms with Gasteiger partial charge in [-0.1, -0.05) is 0 Å². The fourth-order valence-corrected chi connectivity index (χ4v) is 2.72. The molecule has 0 bridgehead atoms. The number of likely N-dealkylation sites (tertiary alicyclic amines) is 1. The molecule has 2 amide bonds. The zero-order chi connectivity index (χ0) is 13.3. The molecule has 1 aromatic rings. The Morgan fingerprint density at radius 1 is 1.47 bits per heavy atom. The third-order valence-electron chi connectivity index (χ3n) is 3.87. The molecule has 1 spiro atoms. The van der Waals surface area contributed by atoms with Crippen LogP contribution in [-0.2, 0) is 4.74 Å². The second-order valence-electron chi connectivity index (χ2n) is 5.27. The highest BCUT2D eigenvalue weighted by Crippen LogP contribution is 2.38. The number of pyridine rings is 1. The lowest BCUT2D eigenvalue weighted by molar-refractivity contribution is 0.154. The van der Waals surface area contributed by atoms with Crippen molar-refractivity contribution in [1.82, 2.24) is 9.88 Å². The molecule has 0 aromatic carbocycles. The van der Waals surface area contributed by atoms with Crippen LogP contribution in [0.15, 0.2) is 18.3 Å². The molecule has 2 aliphatic rings. The Kier molecular flexibility index (Phi) is 3.10. The number of amides is 2. The average Bonchev–Trinajstić information content (AvgIpc) is 3.03. The molecule has 2 fully saturated rings. The van der Waals surface area contributed by atoms with Crippen molar-refractivity contribution in [3.05, 3.63) is 24.1 Å². The molecule has 0 radical (unpaired) electrons. The first-order valence-corrected chi connectivity index (χ1v) is 6.42. The van der Waals surface area contributed by atoms with Crippen molar-refractivity contribution in [3.8, 4) is 0 Å². The Labute approximate surface area is 110 Å². The Bertz CT molecular complexity index is 471. The molecule has 1 N–H and O–H groups in total. The standard InChI is InChI=1S/C13H16FN3O2/c14-10-1-2-11(15-7-10)16-12(18)17-5-3-13(8-17)4-6-19-9-13/h1-2,7H,3-6,8-9H2,(H,15,16,18). The fraction of sp³-hybridized carbons (Fsp3) is 0.538. The number of anilines is 1. The molecule has 1 atom stereocenters. The number of nitrogens with one attached hydrogen (secondary N) is 1. The maximum absolute atomic E-state index is 12.7. The Morgan fingerprint density at radius 3 is 3.05 bits per heavy atom. The average molecular weight is 265 g/mol. The van der Waals surface area contributed by atoms with Gasteiger partial charge in [0, 0.05) is 25.1 Å². The van der Waals surface area contributed by atoms with Crippen molar-refractivity contribution in [2.75, 3.05) is 31.6 Å². The van der Waals surface area contributed by atoms with Gasteiger partial charge in [-0.25, -0.2) is 14.2 Å². The summed E-state index contributed by atoms with van der Waals surface area (Å²) < 4.78 is 18.2. The SMILES string of the molecule is O=C(Nc1ccc(F)cn1)N1CCC2(CCOC2)C1. The minimum absolute atomic E-state index is 0.146. The van der Waals surface area contributed by atoms with E-state index in [1.54, 1.807) is 4.90 Å². The molecule has 3 heterocycles. The van der Waals surface area contributed by atoms with Crippen LogP contribution in [0.5, 0.6) is 0 Å². The van der Waals surface area contributed by atoms with Gasteiger partial charge in [-0.05, 0) is 25.0 Å². The summed E-state index contributed by atoms with van der Waals surface area (Å²) >= 11 is 0. The number of rotatable bonds is 1. The summed E-state index contributed by atoms with van der Waals surface area (Å²) in [7, 11) is 0. The second-order valence-corrected chi connectivity index (χ2v) is 5.27. The predicted octanol–water partition coefficient (Wildman–Crippen LogP) is 1.86. The van der Waals surface area contributed by atoms with Crippen LogP contribution in [0.25, 0.3) is 0 Å². The van der Waals surface area contributed by atoms with Gasteiger partial charge in [-0.3, -0.25) is 5.32 Å². The number of aromatic nitrogens is 1. The van der Waals surface area contributed by atoms with E-state index in [1.807, 2.05) is 0 Å². The molecule has 2 aliphatic heterocycles.